The van der Waals surface area contributed by atoms with Crippen LogP contribution in [0.1, 0.15) is 5.76 Å². The zero-order chi connectivity index (χ0) is 13.7. The van der Waals surface area contributed by atoms with Gasteiger partial charge in [0.2, 0.25) is 5.95 Å². The van der Waals surface area contributed by atoms with Crippen LogP contribution in [0.15, 0.2) is 34.0 Å². The Morgan fingerprint density at radius 1 is 1.47 bits per heavy atom. The topological polar surface area (TPSA) is 116 Å². The SMILES string of the molecule is COc1cnc(N/N=C\c2ccc([N+](=O)[O-])o2)nc1. The number of ether oxygens (including phenoxy) is 1. The molecule has 0 aromatic carbocycles. The lowest BCUT2D eigenvalue weighted by Gasteiger charge is -1.99. The minimum absolute atomic E-state index is 0.243. The lowest BCUT2D eigenvalue weighted by molar-refractivity contribution is -0.402. The van der Waals surface area contributed by atoms with E-state index in [1.54, 1.807) is 0 Å². The maximum absolute atomic E-state index is 10.4. The van der Waals surface area contributed by atoms with Crippen molar-refractivity contribution in [2.24, 2.45) is 5.10 Å². The van der Waals surface area contributed by atoms with Gasteiger partial charge in [0.25, 0.3) is 0 Å². The Bertz CT molecular complexity index is 592. The van der Waals surface area contributed by atoms with Crippen molar-refractivity contribution < 1.29 is 14.1 Å². The maximum atomic E-state index is 10.4. The van der Waals surface area contributed by atoms with Gasteiger partial charge < -0.3 is 9.15 Å². The van der Waals surface area contributed by atoms with Crippen LogP contribution >= 0.6 is 0 Å². The molecule has 1 N–H and O–H groups in total. The Kier molecular flexibility index (Phi) is 3.67. The summed E-state index contributed by atoms with van der Waals surface area (Å²) in [5.41, 5.74) is 2.54. The average molecular weight is 263 g/mol. The van der Waals surface area contributed by atoms with Crippen LogP contribution in [-0.4, -0.2) is 28.2 Å². The van der Waals surface area contributed by atoms with Gasteiger partial charge in [0.1, 0.15) is 4.92 Å². The smallest absolute Gasteiger partial charge is 0.433 e. The third kappa shape index (κ3) is 3.25. The van der Waals surface area contributed by atoms with Crippen LogP contribution in [0.3, 0.4) is 0 Å². The van der Waals surface area contributed by atoms with E-state index in [2.05, 4.69) is 20.5 Å². The van der Waals surface area contributed by atoms with Crippen LogP contribution in [0.4, 0.5) is 11.8 Å². The average Bonchev–Trinajstić information content (AvgIpc) is 2.89. The maximum Gasteiger partial charge on any atom is 0.433 e. The molecule has 0 unspecified atom stereocenters. The molecule has 2 aromatic heterocycles. The summed E-state index contributed by atoms with van der Waals surface area (Å²) in [5.74, 6) is 0.684. The summed E-state index contributed by atoms with van der Waals surface area (Å²) >= 11 is 0. The highest BCUT2D eigenvalue weighted by molar-refractivity contribution is 5.76. The Balaban J connectivity index is 1.96. The third-order valence-corrected chi connectivity index (χ3v) is 2.01. The Morgan fingerprint density at radius 3 is 2.79 bits per heavy atom. The molecule has 0 aliphatic heterocycles. The van der Waals surface area contributed by atoms with E-state index in [0.29, 0.717) is 5.75 Å². The predicted octanol–water partition coefficient (Wildman–Crippen LogP) is 1.43. The van der Waals surface area contributed by atoms with E-state index in [1.807, 2.05) is 0 Å². The molecule has 2 aromatic rings. The van der Waals surface area contributed by atoms with Crippen molar-refractivity contribution in [1.29, 1.82) is 0 Å². The second-order valence-corrected chi connectivity index (χ2v) is 3.25. The molecule has 0 fully saturated rings. The van der Waals surface area contributed by atoms with E-state index in [0.717, 1.165) is 0 Å². The van der Waals surface area contributed by atoms with Crippen LogP contribution in [-0.2, 0) is 0 Å². The number of rotatable bonds is 5. The lowest BCUT2D eigenvalue weighted by atomic mass is 10.5. The highest BCUT2D eigenvalue weighted by atomic mass is 16.6. The molecule has 19 heavy (non-hydrogen) atoms. The van der Waals surface area contributed by atoms with E-state index in [4.69, 9.17) is 9.15 Å². The third-order valence-electron chi connectivity index (χ3n) is 2.01. The molecule has 0 bridgehead atoms. The van der Waals surface area contributed by atoms with Gasteiger partial charge in [-0.3, -0.25) is 10.1 Å². The van der Waals surface area contributed by atoms with E-state index in [-0.39, 0.29) is 17.6 Å². The van der Waals surface area contributed by atoms with Gasteiger partial charge in [-0.2, -0.15) is 5.10 Å². The first-order chi connectivity index (χ1) is 9.19. The normalized spacial score (nSPS) is 10.6. The summed E-state index contributed by atoms with van der Waals surface area (Å²) in [7, 11) is 1.51. The van der Waals surface area contributed by atoms with Crippen molar-refractivity contribution in [1.82, 2.24) is 9.97 Å². The monoisotopic (exact) mass is 263 g/mol. The minimum Gasteiger partial charge on any atom is -0.494 e. The summed E-state index contributed by atoms with van der Waals surface area (Å²) in [4.78, 5) is 17.6. The van der Waals surface area contributed by atoms with Gasteiger partial charge in [-0.25, -0.2) is 15.4 Å². The van der Waals surface area contributed by atoms with E-state index in [1.165, 1.54) is 37.9 Å². The molecule has 0 saturated carbocycles. The van der Waals surface area contributed by atoms with Crippen LogP contribution in [0.25, 0.3) is 0 Å². The van der Waals surface area contributed by atoms with Gasteiger partial charge in [0, 0.05) is 0 Å². The fourth-order valence-corrected chi connectivity index (χ4v) is 1.14. The van der Waals surface area contributed by atoms with Crippen molar-refractivity contribution in [3.63, 3.8) is 0 Å². The van der Waals surface area contributed by atoms with Crippen LogP contribution in [0, 0.1) is 10.1 Å². The van der Waals surface area contributed by atoms with Crippen LogP contribution in [0.5, 0.6) is 5.75 Å². The molecule has 0 atom stereocenters. The zero-order valence-corrected chi connectivity index (χ0v) is 9.81. The number of hydrogen-bond donors (Lipinski definition) is 1. The Morgan fingerprint density at radius 2 is 2.21 bits per heavy atom. The summed E-state index contributed by atoms with van der Waals surface area (Å²) in [6, 6.07) is 2.67. The molecular weight excluding hydrogens is 254 g/mol. The second kappa shape index (κ2) is 5.58. The molecule has 0 saturated heterocycles. The molecule has 2 heterocycles. The second-order valence-electron chi connectivity index (χ2n) is 3.25. The Hall–Kier alpha value is -2.97. The highest BCUT2D eigenvalue weighted by Gasteiger charge is 2.10. The zero-order valence-electron chi connectivity index (χ0n) is 9.81. The molecular formula is C10H9N5O4. The van der Waals surface area contributed by atoms with Crippen LogP contribution in [0.2, 0.25) is 0 Å². The van der Waals surface area contributed by atoms with Gasteiger partial charge in [-0.1, -0.05) is 0 Å². The van der Waals surface area contributed by atoms with Crippen molar-refractivity contribution in [3.8, 4) is 5.75 Å². The van der Waals surface area contributed by atoms with E-state index in [9.17, 15) is 10.1 Å². The van der Waals surface area contributed by atoms with Crippen molar-refractivity contribution >= 4 is 18.0 Å². The standard InChI is InChI=1S/C10H9N5O4/c1-18-8-4-11-10(12-5-8)14-13-6-7-2-3-9(19-7)15(16)17/h2-6H,1H3,(H,11,12,14)/b13-6-. The number of nitro groups is 1. The molecule has 9 nitrogen and oxygen atoms in total. The number of methoxy groups -OCH3 is 1. The first kappa shape index (κ1) is 12.5. The largest absolute Gasteiger partial charge is 0.494 e. The fraction of sp³-hybridized carbons (Fsp3) is 0.100. The lowest BCUT2D eigenvalue weighted by Crippen LogP contribution is -1.96. The minimum atomic E-state index is -0.628. The number of hydrogen-bond acceptors (Lipinski definition) is 8. The van der Waals surface area contributed by atoms with Gasteiger partial charge in [-0.05, 0) is 6.07 Å². The van der Waals surface area contributed by atoms with Crippen molar-refractivity contribution in [2.45, 2.75) is 0 Å². The number of anilines is 1. The first-order valence-corrected chi connectivity index (χ1v) is 5.08. The summed E-state index contributed by atoms with van der Waals surface area (Å²) in [6.45, 7) is 0. The molecule has 0 radical (unpaired) electrons. The van der Waals surface area contributed by atoms with E-state index >= 15 is 0 Å². The number of aromatic nitrogens is 2. The molecule has 98 valence electrons. The molecule has 2 rings (SSSR count). The number of furan rings is 1. The molecule has 0 aliphatic carbocycles. The van der Waals surface area contributed by atoms with Gasteiger partial charge >= 0.3 is 5.88 Å². The predicted molar refractivity (Wildman–Crippen MR) is 65.2 cm³/mol. The van der Waals surface area contributed by atoms with Gasteiger partial charge in [0.05, 0.1) is 31.8 Å². The number of hydrazone groups is 1. The van der Waals surface area contributed by atoms with E-state index < -0.39 is 4.92 Å². The van der Waals surface area contributed by atoms with Gasteiger partial charge in [-0.15, -0.1) is 0 Å². The molecule has 0 amide bonds. The fourth-order valence-electron chi connectivity index (χ4n) is 1.14. The highest BCUT2D eigenvalue weighted by Crippen LogP contribution is 2.14. The molecule has 9 heteroatoms. The Labute approximate surface area is 107 Å². The quantitative estimate of drug-likeness (QED) is 0.492. The molecule has 0 aliphatic rings. The summed E-state index contributed by atoms with van der Waals surface area (Å²) in [6.07, 6.45) is 4.23. The first-order valence-electron chi connectivity index (χ1n) is 5.08. The van der Waals surface area contributed by atoms with Gasteiger partial charge in [0.15, 0.2) is 11.5 Å². The number of nitrogens with one attached hydrogen (secondary N) is 1. The van der Waals surface area contributed by atoms with Crippen molar-refractivity contribution in [2.75, 3.05) is 12.5 Å². The number of nitrogens with zero attached hydrogens (tertiary/aromatic N) is 4. The van der Waals surface area contributed by atoms with Crippen LogP contribution < -0.4 is 10.2 Å². The van der Waals surface area contributed by atoms with Crippen molar-refractivity contribution in [3.05, 3.63) is 40.4 Å². The summed E-state index contributed by atoms with van der Waals surface area (Å²) in [5, 5.41) is 14.2. The molecule has 0 spiro atoms. The summed E-state index contributed by atoms with van der Waals surface area (Å²) < 4.78 is 9.77.